The predicted molar refractivity (Wildman–Crippen MR) is 73.5 cm³/mol. The van der Waals surface area contributed by atoms with E-state index in [0.717, 1.165) is 17.1 Å². The number of fused-ring (bicyclic) bond motifs is 1. The second-order valence-corrected chi connectivity index (χ2v) is 6.97. The van der Waals surface area contributed by atoms with E-state index in [-0.39, 0.29) is 11.2 Å². The number of aromatic nitrogens is 1. The highest BCUT2D eigenvalue weighted by Crippen LogP contribution is 2.36. The highest BCUT2D eigenvalue weighted by molar-refractivity contribution is 7.85. The molecule has 2 heterocycles. The Balaban J connectivity index is 2.25. The molecule has 2 rings (SSSR count). The summed E-state index contributed by atoms with van der Waals surface area (Å²) < 4.78 is 32.3. The third kappa shape index (κ3) is 2.84. The van der Waals surface area contributed by atoms with Crippen molar-refractivity contribution in [1.82, 2.24) is 0 Å². The Bertz CT molecular complexity index is 633. The smallest absolute Gasteiger partial charge is 0.265 e. The normalized spacial score (nSPS) is 17.2. The van der Waals surface area contributed by atoms with Crippen LogP contribution in [0.5, 0.6) is 0 Å². The fraction of sp³-hybridized carbons (Fsp3) is 0.538. The molecule has 5 nitrogen and oxygen atoms in total. The van der Waals surface area contributed by atoms with Gasteiger partial charge in [-0.1, -0.05) is 0 Å². The molecule has 0 aromatic carbocycles. The Morgan fingerprint density at radius 1 is 1.42 bits per heavy atom. The van der Waals surface area contributed by atoms with Crippen molar-refractivity contribution in [2.75, 3.05) is 5.75 Å². The first-order valence-corrected chi connectivity index (χ1v) is 7.86. The van der Waals surface area contributed by atoms with Crippen LogP contribution >= 0.6 is 0 Å². The van der Waals surface area contributed by atoms with E-state index in [9.17, 15) is 8.42 Å². The van der Waals surface area contributed by atoms with E-state index in [4.69, 9.17) is 4.55 Å². The number of hydrogen-bond acceptors (Lipinski definition) is 3. The number of aliphatic imine (C=N–C) groups is 1. The van der Waals surface area contributed by atoms with Crippen LogP contribution in [0.15, 0.2) is 23.3 Å². The Morgan fingerprint density at radius 3 is 2.74 bits per heavy atom. The fourth-order valence-electron chi connectivity index (χ4n) is 2.40. The number of pyridine rings is 1. The minimum Gasteiger partial charge on any atom is -0.286 e. The van der Waals surface area contributed by atoms with Crippen LogP contribution in [0, 0.1) is 0 Å². The maximum Gasteiger partial charge on any atom is 0.265 e. The van der Waals surface area contributed by atoms with Crippen LogP contribution in [-0.2, 0) is 22.1 Å². The van der Waals surface area contributed by atoms with Gasteiger partial charge in [-0.2, -0.15) is 13.0 Å². The molecule has 0 spiro atoms. The lowest BCUT2D eigenvalue weighted by Gasteiger charge is -2.17. The molecule has 0 amide bonds. The number of hydrogen-bond donors (Lipinski definition) is 1. The molecule has 0 radical (unpaired) electrons. The number of rotatable bonds is 4. The molecular weight excluding hydrogens is 264 g/mol. The molecule has 1 aliphatic heterocycles. The largest absolute Gasteiger partial charge is 0.286 e. The minimum absolute atomic E-state index is 0.144. The predicted octanol–water partition coefficient (Wildman–Crippen LogP) is 1.64. The molecule has 0 saturated carbocycles. The maximum atomic E-state index is 10.8. The molecule has 6 heteroatoms. The molecule has 1 aromatic rings. The zero-order valence-electron chi connectivity index (χ0n) is 11.4. The van der Waals surface area contributed by atoms with Crippen LogP contribution in [0.2, 0.25) is 0 Å². The Labute approximate surface area is 113 Å². The molecule has 1 aromatic heterocycles. The van der Waals surface area contributed by atoms with E-state index in [1.54, 1.807) is 0 Å². The van der Waals surface area contributed by atoms with Gasteiger partial charge in [0.25, 0.3) is 10.1 Å². The summed E-state index contributed by atoms with van der Waals surface area (Å²) in [7, 11) is -3.89. The Hall–Kier alpha value is -1.27. The molecule has 104 valence electrons. The van der Waals surface area contributed by atoms with Crippen LogP contribution in [0.1, 0.15) is 32.9 Å². The first-order chi connectivity index (χ1) is 8.72. The summed E-state index contributed by atoms with van der Waals surface area (Å²) in [6, 6.07) is 3.87. The Morgan fingerprint density at radius 2 is 2.11 bits per heavy atom. The maximum absolute atomic E-state index is 10.8. The topological polar surface area (TPSA) is 70.6 Å². The minimum atomic E-state index is -3.89. The molecule has 1 aliphatic rings. The first kappa shape index (κ1) is 14.1. The van der Waals surface area contributed by atoms with Crippen LogP contribution in [0.4, 0.5) is 5.69 Å². The fourth-order valence-corrected chi connectivity index (χ4v) is 2.90. The average Bonchev–Trinajstić information content (AvgIpc) is 2.49. The molecule has 0 saturated heterocycles. The molecule has 0 atom stereocenters. The van der Waals surface area contributed by atoms with E-state index in [1.807, 2.05) is 29.8 Å². The van der Waals surface area contributed by atoms with Crippen LogP contribution in [-0.4, -0.2) is 24.4 Å². The molecular formula is C13H19N2O3S+. The van der Waals surface area contributed by atoms with E-state index >= 15 is 0 Å². The van der Waals surface area contributed by atoms with Crippen molar-refractivity contribution < 1.29 is 17.5 Å². The third-order valence-corrected chi connectivity index (χ3v) is 4.44. The highest BCUT2D eigenvalue weighted by atomic mass is 32.2. The lowest BCUT2D eigenvalue weighted by atomic mass is 9.85. The van der Waals surface area contributed by atoms with E-state index in [0.29, 0.717) is 13.0 Å². The summed E-state index contributed by atoms with van der Waals surface area (Å²) in [5.74, 6) is -0.218. The van der Waals surface area contributed by atoms with Gasteiger partial charge in [0, 0.05) is 18.2 Å². The van der Waals surface area contributed by atoms with E-state index in [2.05, 4.69) is 18.8 Å². The van der Waals surface area contributed by atoms with Crippen molar-refractivity contribution in [2.24, 2.45) is 4.99 Å². The van der Waals surface area contributed by atoms with Crippen LogP contribution < -0.4 is 4.57 Å². The van der Waals surface area contributed by atoms with Crippen molar-refractivity contribution in [3.63, 3.8) is 0 Å². The van der Waals surface area contributed by atoms with Gasteiger partial charge >= 0.3 is 0 Å². The third-order valence-electron chi connectivity index (χ3n) is 3.64. The molecule has 0 aliphatic carbocycles. The summed E-state index contributed by atoms with van der Waals surface area (Å²) in [4.78, 5) is 4.55. The second-order valence-electron chi connectivity index (χ2n) is 5.40. The van der Waals surface area contributed by atoms with Gasteiger partial charge < -0.3 is 0 Å². The van der Waals surface area contributed by atoms with Crippen molar-refractivity contribution in [2.45, 2.75) is 39.2 Å². The van der Waals surface area contributed by atoms with Gasteiger partial charge in [-0.15, -0.1) is 0 Å². The summed E-state index contributed by atoms with van der Waals surface area (Å²) in [6.07, 6.45) is 2.31. The van der Waals surface area contributed by atoms with Crippen molar-refractivity contribution in [3.05, 3.63) is 24.0 Å². The van der Waals surface area contributed by atoms with Gasteiger partial charge in [-0.25, -0.2) is 0 Å². The first-order valence-electron chi connectivity index (χ1n) is 6.26. The lowest BCUT2D eigenvalue weighted by molar-refractivity contribution is -0.705. The van der Waals surface area contributed by atoms with Gasteiger partial charge in [0.05, 0.1) is 11.2 Å². The van der Waals surface area contributed by atoms with E-state index in [1.165, 1.54) is 0 Å². The van der Waals surface area contributed by atoms with Crippen molar-refractivity contribution >= 4 is 21.5 Å². The van der Waals surface area contributed by atoms with Crippen LogP contribution in [0.3, 0.4) is 0 Å². The quantitative estimate of drug-likeness (QED) is 0.674. The molecule has 19 heavy (non-hydrogen) atoms. The Kier molecular flexibility index (Phi) is 3.49. The van der Waals surface area contributed by atoms with Crippen LogP contribution in [0.25, 0.3) is 0 Å². The number of aryl methyl sites for hydroxylation is 1. The van der Waals surface area contributed by atoms with Crippen molar-refractivity contribution in [3.8, 4) is 0 Å². The number of nitrogens with zero attached hydrogens (tertiary/aromatic N) is 2. The van der Waals surface area contributed by atoms with Gasteiger partial charge in [0.2, 0.25) is 5.69 Å². The highest BCUT2D eigenvalue weighted by Gasteiger charge is 2.40. The molecule has 0 fully saturated rings. The standard InChI is InChI=1S/C13H18N2O3S/c1-10-13(2,3)12-11(14-10)6-4-7-15(12)8-5-9-19(16,17)18/h4,6-7H,5,8-9H2,1-3H3/p+1. The zero-order chi connectivity index (χ0) is 14.3. The zero-order valence-corrected chi connectivity index (χ0v) is 12.2. The monoisotopic (exact) mass is 283 g/mol. The molecule has 1 N–H and O–H groups in total. The van der Waals surface area contributed by atoms with Gasteiger partial charge in [-0.05, 0) is 26.8 Å². The summed E-state index contributed by atoms with van der Waals surface area (Å²) in [5.41, 5.74) is 2.95. The summed E-state index contributed by atoms with van der Waals surface area (Å²) in [6.45, 7) is 6.77. The van der Waals surface area contributed by atoms with E-state index < -0.39 is 10.1 Å². The molecule has 0 unspecified atom stereocenters. The summed E-state index contributed by atoms with van der Waals surface area (Å²) in [5, 5.41) is 0. The SMILES string of the molecule is CC1=Nc2ccc[n+](CCCS(=O)(=O)O)c2C1(C)C. The lowest BCUT2D eigenvalue weighted by Crippen LogP contribution is -2.45. The second kappa shape index (κ2) is 4.68. The van der Waals surface area contributed by atoms with Gasteiger partial charge in [-0.3, -0.25) is 9.55 Å². The van der Waals surface area contributed by atoms with Gasteiger partial charge in [0.1, 0.15) is 12.2 Å². The van der Waals surface area contributed by atoms with Gasteiger partial charge in [0.15, 0.2) is 6.20 Å². The van der Waals surface area contributed by atoms with Crippen molar-refractivity contribution in [1.29, 1.82) is 0 Å². The summed E-state index contributed by atoms with van der Waals surface area (Å²) >= 11 is 0. The molecule has 0 bridgehead atoms. The average molecular weight is 283 g/mol.